The summed E-state index contributed by atoms with van der Waals surface area (Å²) >= 11 is 0. The second-order valence-corrected chi connectivity index (χ2v) is 9.20. The molecule has 6 nitrogen and oxygen atoms in total. The lowest BCUT2D eigenvalue weighted by Crippen LogP contribution is -2.44. The molecule has 0 bridgehead atoms. The maximum absolute atomic E-state index is 6.58. The van der Waals surface area contributed by atoms with Crippen LogP contribution in [0.4, 0.5) is 0 Å². The number of nitrogens with zero attached hydrogens (tertiary/aromatic N) is 1. The highest BCUT2D eigenvalue weighted by molar-refractivity contribution is 5.15. The Hall–Kier alpha value is -2.58. The van der Waals surface area contributed by atoms with Gasteiger partial charge in [-0.25, -0.2) is 0 Å². The average molecular weight is 490 g/mol. The first-order valence-corrected chi connectivity index (χ1v) is 12.9. The van der Waals surface area contributed by atoms with Gasteiger partial charge in [-0.3, -0.25) is 4.90 Å². The van der Waals surface area contributed by atoms with Crippen molar-refractivity contribution in [2.75, 3.05) is 39.3 Å². The fourth-order valence-corrected chi connectivity index (χ4v) is 4.61. The van der Waals surface area contributed by atoms with Crippen LogP contribution in [-0.2, 0) is 34.0 Å². The van der Waals surface area contributed by atoms with E-state index in [0.717, 1.165) is 31.7 Å². The van der Waals surface area contributed by atoms with Crippen molar-refractivity contribution >= 4 is 0 Å². The predicted octanol–water partition coefficient (Wildman–Crippen LogP) is 3.61. The normalized spacial score (nSPS) is 20.1. The number of nitrogens with two attached hydrogens (primary N) is 1. The van der Waals surface area contributed by atoms with E-state index in [1.165, 1.54) is 11.1 Å². The molecule has 1 saturated heterocycles. The minimum Gasteiger partial charge on any atom is -0.375 e. The summed E-state index contributed by atoms with van der Waals surface area (Å²) in [5, 5.41) is 3.42. The first-order valence-electron chi connectivity index (χ1n) is 12.9. The maximum Gasteiger partial charge on any atom is 0.103 e. The highest BCUT2D eigenvalue weighted by Crippen LogP contribution is 2.26. The molecule has 3 aromatic rings. The third-order valence-electron chi connectivity index (χ3n) is 6.52. The Morgan fingerprint density at radius 2 is 1.28 bits per heavy atom. The van der Waals surface area contributed by atoms with Gasteiger partial charge in [0.1, 0.15) is 6.10 Å². The molecule has 6 heteroatoms. The van der Waals surface area contributed by atoms with Gasteiger partial charge in [0.2, 0.25) is 0 Å². The quantitative estimate of drug-likeness (QED) is 0.318. The standard InChI is InChI=1S/C30H39N3O3/c31-16-17-32-18-19-33-20-29(35-22-26-12-6-2-7-13-26)30(36-23-27-14-8-3-9-15-27)28(33)24-34-21-25-10-4-1-5-11-25/h1-15,28-30,32H,16-24,31H2/t28-,29-,30+/m0/s1. The molecule has 4 rings (SSSR count). The molecule has 3 N–H and O–H groups in total. The Morgan fingerprint density at radius 1 is 0.722 bits per heavy atom. The second kappa shape index (κ2) is 14.9. The van der Waals surface area contributed by atoms with E-state index in [4.69, 9.17) is 19.9 Å². The van der Waals surface area contributed by atoms with E-state index in [1.54, 1.807) is 0 Å². The van der Waals surface area contributed by atoms with E-state index in [2.05, 4.69) is 46.6 Å². The lowest BCUT2D eigenvalue weighted by molar-refractivity contribution is -0.0816. The molecule has 3 atom stereocenters. The summed E-state index contributed by atoms with van der Waals surface area (Å²) in [7, 11) is 0. The van der Waals surface area contributed by atoms with Gasteiger partial charge in [-0.1, -0.05) is 91.0 Å². The molecule has 1 aliphatic rings. The number of hydrogen-bond acceptors (Lipinski definition) is 6. The van der Waals surface area contributed by atoms with E-state index in [9.17, 15) is 0 Å². The number of ether oxygens (including phenoxy) is 3. The van der Waals surface area contributed by atoms with Crippen LogP contribution in [0.5, 0.6) is 0 Å². The SMILES string of the molecule is NCCNCCN1C[C@H](OCc2ccccc2)[C@H](OCc2ccccc2)[C@@H]1COCc1ccccc1. The Balaban J connectivity index is 1.45. The van der Waals surface area contributed by atoms with Crippen LogP contribution < -0.4 is 11.1 Å². The third-order valence-corrected chi connectivity index (χ3v) is 6.52. The summed E-state index contributed by atoms with van der Waals surface area (Å²) in [6, 6.07) is 31.1. The number of benzene rings is 3. The molecule has 192 valence electrons. The van der Waals surface area contributed by atoms with Crippen molar-refractivity contribution in [1.29, 1.82) is 0 Å². The van der Waals surface area contributed by atoms with Gasteiger partial charge < -0.3 is 25.3 Å². The molecule has 0 amide bonds. The lowest BCUT2D eigenvalue weighted by atomic mass is 10.1. The van der Waals surface area contributed by atoms with Crippen LogP contribution >= 0.6 is 0 Å². The van der Waals surface area contributed by atoms with Gasteiger partial charge in [0.25, 0.3) is 0 Å². The van der Waals surface area contributed by atoms with Crippen LogP contribution in [-0.4, -0.2) is 62.5 Å². The Bertz CT molecular complexity index is 975. The molecule has 1 aliphatic heterocycles. The summed E-state index contributed by atoms with van der Waals surface area (Å²) in [5.41, 5.74) is 9.16. The van der Waals surface area contributed by atoms with Crippen molar-refractivity contribution in [2.45, 2.75) is 38.1 Å². The van der Waals surface area contributed by atoms with Crippen LogP contribution in [0.3, 0.4) is 0 Å². The van der Waals surface area contributed by atoms with Crippen LogP contribution in [0.15, 0.2) is 91.0 Å². The molecule has 0 saturated carbocycles. The third kappa shape index (κ3) is 8.23. The number of nitrogens with one attached hydrogen (secondary N) is 1. The van der Waals surface area contributed by atoms with Crippen molar-refractivity contribution in [3.05, 3.63) is 108 Å². The first-order chi connectivity index (χ1) is 17.8. The topological polar surface area (TPSA) is 69.0 Å². The smallest absolute Gasteiger partial charge is 0.103 e. The van der Waals surface area contributed by atoms with Crippen LogP contribution in [0, 0.1) is 0 Å². The number of hydrogen-bond donors (Lipinski definition) is 2. The van der Waals surface area contributed by atoms with Crippen molar-refractivity contribution in [1.82, 2.24) is 10.2 Å². The summed E-state index contributed by atoms with van der Waals surface area (Å²) in [4.78, 5) is 2.44. The number of rotatable bonds is 15. The van der Waals surface area contributed by atoms with Crippen LogP contribution in [0.25, 0.3) is 0 Å². The van der Waals surface area contributed by atoms with Gasteiger partial charge in [0.05, 0.1) is 38.6 Å². The molecule has 36 heavy (non-hydrogen) atoms. The van der Waals surface area contributed by atoms with Gasteiger partial charge in [-0.2, -0.15) is 0 Å². The molecule has 0 aromatic heterocycles. The van der Waals surface area contributed by atoms with Crippen LogP contribution in [0.2, 0.25) is 0 Å². The predicted molar refractivity (Wildman–Crippen MR) is 143 cm³/mol. The summed E-state index contributed by atoms with van der Waals surface area (Å²) < 4.78 is 19.3. The van der Waals surface area contributed by atoms with Gasteiger partial charge >= 0.3 is 0 Å². The van der Waals surface area contributed by atoms with Gasteiger partial charge in [-0.15, -0.1) is 0 Å². The molecule has 1 fully saturated rings. The van der Waals surface area contributed by atoms with Gasteiger partial charge in [-0.05, 0) is 16.7 Å². The molecule has 0 aliphatic carbocycles. The highest BCUT2D eigenvalue weighted by Gasteiger charge is 2.43. The van der Waals surface area contributed by atoms with Crippen molar-refractivity contribution in [3.63, 3.8) is 0 Å². The van der Waals surface area contributed by atoms with Crippen molar-refractivity contribution < 1.29 is 14.2 Å². The molecule has 0 unspecified atom stereocenters. The fraction of sp³-hybridized carbons (Fsp3) is 0.400. The Morgan fingerprint density at radius 3 is 1.86 bits per heavy atom. The molecule has 0 spiro atoms. The molecular weight excluding hydrogens is 450 g/mol. The maximum atomic E-state index is 6.58. The van der Waals surface area contributed by atoms with E-state index in [1.807, 2.05) is 54.6 Å². The lowest BCUT2D eigenvalue weighted by Gasteiger charge is -2.28. The molecule has 3 aromatic carbocycles. The Kier molecular flexibility index (Phi) is 10.9. The first kappa shape index (κ1) is 26.5. The average Bonchev–Trinajstić information content (AvgIpc) is 3.26. The van der Waals surface area contributed by atoms with E-state index >= 15 is 0 Å². The van der Waals surface area contributed by atoms with Gasteiger partial charge in [0, 0.05) is 32.7 Å². The van der Waals surface area contributed by atoms with E-state index in [0.29, 0.717) is 33.0 Å². The number of likely N-dealkylation sites (tertiary alicyclic amines) is 1. The largest absolute Gasteiger partial charge is 0.375 e. The zero-order valence-electron chi connectivity index (χ0n) is 21.0. The zero-order chi connectivity index (χ0) is 24.8. The van der Waals surface area contributed by atoms with E-state index < -0.39 is 0 Å². The zero-order valence-corrected chi connectivity index (χ0v) is 21.0. The fourth-order valence-electron chi connectivity index (χ4n) is 4.61. The minimum atomic E-state index is -0.0980. The highest BCUT2D eigenvalue weighted by atomic mass is 16.5. The van der Waals surface area contributed by atoms with Crippen LogP contribution in [0.1, 0.15) is 16.7 Å². The summed E-state index contributed by atoms with van der Waals surface area (Å²) in [5.74, 6) is 0. The van der Waals surface area contributed by atoms with Gasteiger partial charge in [0.15, 0.2) is 0 Å². The van der Waals surface area contributed by atoms with E-state index in [-0.39, 0.29) is 18.2 Å². The summed E-state index contributed by atoms with van der Waals surface area (Å²) in [6.45, 7) is 6.27. The molecule has 0 radical (unpaired) electrons. The second-order valence-electron chi connectivity index (χ2n) is 9.20. The minimum absolute atomic E-state index is 0.0475. The monoisotopic (exact) mass is 489 g/mol. The molecule has 1 heterocycles. The van der Waals surface area contributed by atoms with Crippen molar-refractivity contribution in [2.24, 2.45) is 5.73 Å². The molecular formula is C30H39N3O3. The van der Waals surface area contributed by atoms with Crippen molar-refractivity contribution in [3.8, 4) is 0 Å². The summed E-state index contributed by atoms with van der Waals surface area (Å²) in [6.07, 6.45) is -0.145. The Labute approximate surface area is 215 Å².